The summed E-state index contributed by atoms with van der Waals surface area (Å²) in [6, 6.07) is 9.10. The minimum Gasteiger partial charge on any atom is -0.347 e. The molecule has 14 heteroatoms. The summed E-state index contributed by atoms with van der Waals surface area (Å²) in [5, 5.41) is 6.99. The number of carbonyl (C=O) groups excluding carboxylic acids is 1. The average molecular weight is 645 g/mol. The topological polar surface area (TPSA) is 127 Å². The molecule has 1 amide bonds. The van der Waals surface area contributed by atoms with Gasteiger partial charge < -0.3 is 9.88 Å². The number of carbonyl (C=O) groups is 1. The molecule has 9 nitrogen and oxygen atoms in total. The van der Waals surface area contributed by atoms with Crippen molar-refractivity contribution in [3.8, 4) is 0 Å². The van der Waals surface area contributed by atoms with Crippen LogP contribution in [-0.4, -0.2) is 38.6 Å². The fraction of sp³-hybridized carbons (Fsp3) is 0.500. The van der Waals surface area contributed by atoms with E-state index in [0.717, 1.165) is 29.9 Å². The van der Waals surface area contributed by atoms with Gasteiger partial charge >= 0.3 is 5.76 Å². The minimum absolute atomic E-state index is 0.0485. The molecule has 42 heavy (non-hydrogen) atoms. The summed E-state index contributed by atoms with van der Waals surface area (Å²) >= 11 is 1.03. The first-order chi connectivity index (χ1) is 19.0. The molecule has 3 aromatic rings. The van der Waals surface area contributed by atoms with E-state index < -0.39 is 42.0 Å². The van der Waals surface area contributed by atoms with Gasteiger partial charge in [0, 0.05) is 18.2 Å². The molecule has 0 unspecified atom stereocenters. The van der Waals surface area contributed by atoms with Gasteiger partial charge in [0.05, 0.1) is 20.0 Å². The highest BCUT2D eigenvalue weighted by molar-refractivity contribution is 7.91. The highest BCUT2D eigenvalue weighted by Crippen LogP contribution is 2.39. The molecule has 0 bridgehead atoms. The summed E-state index contributed by atoms with van der Waals surface area (Å²) in [4.78, 5) is 14.7. The molecule has 3 rings (SSSR count). The van der Waals surface area contributed by atoms with Crippen LogP contribution in [0.3, 0.4) is 0 Å². The number of thiazole rings is 1. The Morgan fingerprint density at radius 1 is 0.952 bits per heavy atom. The van der Waals surface area contributed by atoms with Crippen LogP contribution < -0.4 is 14.9 Å². The Morgan fingerprint density at radius 3 is 2.19 bits per heavy atom. The molecular weight excluding hydrogens is 607 g/mol. The van der Waals surface area contributed by atoms with E-state index in [0.29, 0.717) is 11.1 Å². The molecule has 0 radical (unpaired) electrons. The predicted molar refractivity (Wildman–Crippen MR) is 160 cm³/mol. The van der Waals surface area contributed by atoms with Crippen LogP contribution in [0.15, 0.2) is 57.4 Å². The first kappa shape index (κ1) is 33.7. The lowest BCUT2D eigenvalue weighted by Crippen LogP contribution is -2.46. The van der Waals surface area contributed by atoms with Crippen LogP contribution >= 0.6 is 11.3 Å². The minimum atomic E-state index is -4.80. The molecule has 0 saturated heterocycles. The zero-order chi connectivity index (χ0) is 31.9. The molecule has 0 aliphatic carbocycles. The van der Waals surface area contributed by atoms with E-state index in [1.165, 1.54) is 41.9 Å². The number of fused-ring (bicyclic) bond motifs is 1. The van der Waals surface area contributed by atoms with Crippen LogP contribution in [-0.2, 0) is 26.9 Å². The molecule has 232 valence electrons. The number of nitrogens with zero attached hydrogens (tertiary/aromatic N) is 2. The van der Waals surface area contributed by atoms with Crippen molar-refractivity contribution in [3.63, 3.8) is 0 Å². The van der Waals surface area contributed by atoms with E-state index >= 15 is 0 Å². The lowest BCUT2D eigenvalue weighted by Gasteiger charge is -2.39. The van der Waals surface area contributed by atoms with E-state index in [1.807, 2.05) is 13.8 Å². The number of aryl methyl sites for hydroxylation is 1. The van der Waals surface area contributed by atoms with Gasteiger partial charge in [0.25, 0.3) is 15.9 Å². The van der Waals surface area contributed by atoms with Crippen LogP contribution in [0.25, 0.3) is 10.2 Å². The van der Waals surface area contributed by atoms with Crippen molar-refractivity contribution in [2.75, 3.05) is 0 Å². The van der Waals surface area contributed by atoms with Crippen molar-refractivity contribution in [2.45, 2.75) is 82.4 Å². The van der Waals surface area contributed by atoms with Crippen LogP contribution in [0, 0.1) is 10.8 Å². The van der Waals surface area contributed by atoms with Crippen molar-refractivity contribution >= 4 is 47.3 Å². The number of sulfone groups is 1. The second kappa shape index (κ2) is 11.7. The Morgan fingerprint density at radius 2 is 1.60 bits per heavy atom. The standard InChI is InChI=1S/C28H38F2N4O5S3/c1-26(2,3)16-27(4,5)17-28(6,7)31-23(35)18-10-9-11-20(14-18)42(38,39)33-32-25-34(8)21-15-19(12-13-22(21)40-25)41(36,37)24(29)30/h9-15,24,33H,16-17H2,1-8H3,(H,31,35). The summed E-state index contributed by atoms with van der Waals surface area (Å²) in [6.45, 7) is 14.7. The maximum absolute atomic E-state index is 13.1. The number of hydrogen-bond donors (Lipinski definition) is 2. The Hall–Kier alpha value is -2.84. The average Bonchev–Trinajstić information content (AvgIpc) is 3.15. The number of halogens is 2. The van der Waals surface area contributed by atoms with Gasteiger partial charge in [0.1, 0.15) is 0 Å². The smallest absolute Gasteiger partial charge is 0.341 e. The van der Waals surface area contributed by atoms with E-state index in [4.69, 9.17) is 0 Å². The number of aromatic nitrogens is 1. The number of benzene rings is 2. The first-order valence-electron chi connectivity index (χ1n) is 13.1. The Balaban J connectivity index is 1.83. The van der Waals surface area contributed by atoms with E-state index in [1.54, 1.807) is 0 Å². The molecule has 0 atom stereocenters. The van der Waals surface area contributed by atoms with Gasteiger partial charge in [-0.25, -0.2) is 8.42 Å². The molecule has 0 aliphatic heterocycles. The molecule has 0 aliphatic rings. The fourth-order valence-electron chi connectivity index (χ4n) is 5.57. The van der Waals surface area contributed by atoms with Gasteiger partial charge in [-0.15, -0.1) is 5.10 Å². The third-order valence-electron chi connectivity index (χ3n) is 6.39. The SMILES string of the molecule is Cn1c(=NNS(=O)(=O)c2cccc(C(=O)NC(C)(C)CC(C)(C)CC(C)(C)C)c2)sc2ccc(S(=O)(=O)C(F)F)cc21. The number of alkyl halides is 2. The van der Waals surface area contributed by atoms with Crippen molar-refractivity contribution in [1.29, 1.82) is 0 Å². The lowest BCUT2D eigenvalue weighted by molar-refractivity contribution is 0.0866. The van der Waals surface area contributed by atoms with Gasteiger partial charge in [-0.1, -0.05) is 52.0 Å². The summed E-state index contributed by atoms with van der Waals surface area (Å²) in [6.07, 6.45) is 1.67. The van der Waals surface area contributed by atoms with Gasteiger partial charge in [0.2, 0.25) is 14.6 Å². The third-order valence-corrected chi connectivity index (χ3v) is 10.1. The normalized spacial score (nSPS) is 14.0. The maximum atomic E-state index is 13.1. The van der Waals surface area contributed by atoms with Crippen molar-refractivity contribution < 1.29 is 30.4 Å². The van der Waals surface area contributed by atoms with Gasteiger partial charge in [-0.3, -0.25) is 4.79 Å². The molecular formula is C28H38F2N4O5S3. The lowest BCUT2D eigenvalue weighted by atomic mass is 9.70. The summed E-state index contributed by atoms with van der Waals surface area (Å²) in [5.74, 6) is -3.98. The van der Waals surface area contributed by atoms with Gasteiger partial charge in [0.15, 0.2) is 0 Å². The molecule has 0 saturated carbocycles. The largest absolute Gasteiger partial charge is 0.347 e. The van der Waals surface area contributed by atoms with Crippen molar-refractivity contribution in [2.24, 2.45) is 23.0 Å². The van der Waals surface area contributed by atoms with Gasteiger partial charge in [-0.05, 0) is 73.9 Å². The highest BCUT2D eigenvalue weighted by Gasteiger charge is 2.33. The fourth-order valence-corrected chi connectivity index (χ4v) is 8.18. The molecule has 1 aromatic heterocycles. The molecule has 2 aromatic carbocycles. The number of rotatable bonds is 10. The van der Waals surface area contributed by atoms with Crippen molar-refractivity contribution in [1.82, 2.24) is 14.7 Å². The number of hydrogen-bond acceptors (Lipinski definition) is 7. The quantitative estimate of drug-likeness (QED) is 0.286. The Bertz CT molecular complexity index is 1770. The number of sulfonamides is 1. The number of amides is 1. The molecule has 0 spiro atoms. The molecule has 2 N–H and O–H groups in total. The zero-order valence-corrected chi connectivity index (χ0v) is 27.4. The van der Waals surface area contributed by atoms with Crippen LogP contribution in [0.1, 0.15) is 71.7 Å². The van der Waals surface area contributed by atoms with Crippen LogP contribution in [0.4, 0.5) is 8.78 Å². The van der Waals surface area contributed by atoms with Crippen molar-refractivity contribution in [3.05, 3.63) is 52.8 Å². The van der Waals surface area contributed by atoms with E-state index in [2.05, 4.69) is 49.9 Å². The predicted octanol–water partition coefficient (Wildman–Crippen LogP) is 5.39. The number of nitrogens with one attached hydrogen (secondary N) is 2. The van der Waals surface area contributed by atoms with Crippen LogP contribution in [0.2, 0.25) is 0 Å². The molecule has 0 fully saturated rings. The first-order valence-corrected chi connectivity index (χ1v) is 17.0. The monoisotopic (exact) mass is 644 g/mol. The summed E-state index contributed by atoms with van der Waals surface area (Å²) in [7, 11) is -7.51. The summed E-state index contributed by atoms with van der Waals surface area (Å²) in [5.41, 5.74) is -0.0348. The highest BCUT2D eigenvalue weighted by atomic mass is 32.2. The van der Waals surface area contributed by atoms with Crippen LogP contribution in [0.5, 0.6) is 0 Å². The van der Waals surface area contributed by atoms with E-state index in [-0.39, 0.29) is 31.6 Å². The third kappa shape index (κ3) is 8.16. The second-order valence-corrected chi connectivity index (χ2v) is 17.6. The second-order valence-electron chi connectivity index (χ2n) is 13.0. The van der Waals surface area contributed by atoms with E-state index in [9.17, 15) is 30.4 Å². The van der Waals surface area contributed by atoms with Gasteiger partial charge in [-0.2, -0.15) is 22.0 Å². The Kier molecular flexibility index (Phi) is 9.36. The summed E-state index contributed by atoms with van der Waals surface area (Å²) < 4.78 is 77.7. The maximum Gasteiger partial charge on any atom is 0.341 e. The Labute approximate surface area is 250 Å². The molecule has 1 heterocycles. The zero-order valence-electron chi connectivity index (χ0n) is 24.9.